The lowest BCUT2D eigenvalue weighted by Gasteiger charge is -2.34. The SMILES string of the molecule is CC1=CC(C)(C)Nc2cc3c(cc21)C(c1cc(C(C)C)ccc1C(=O)O)=c1cc2c(cc1O3)=NC(C)(C)CC2CS(=O)(=O)O. The first-order valence-electron chi connectivity index (χ1n) is 14.9. The number of ether oxygens (including phenoxy) is 1. The summed E-state index contributed by atoms with van der Waals surface area (Å²) in [6.07, 6.45) is 2.59. The zero-order chi connectivity index (χ0) is 31.9. The van der Waals surface area contributed by atoms with E-state index in [-0.39, 0.29) is 17.0 Å². The smallest absolute Gasteiger partial charge is 0.336 e. The Morgan fingerprint density at radius 2 is 1.77 bits per heavy atom. The maximum Gasteiger partial charge on any atom is 0.336 e. The second-order valence-corrected chi connectivity index (χ2v) is 15.3. The molecule has 0 bridgehead atoms. The number of carboxylic acids is 1. The molecular formula is C35H38N2O6S. The van der Waals surface area contributed by atoms with Crippen LogP contribution in [0.15, 0.2) is 53.5 Å². The summed E-state index contributed by atoms with van der Waals surface area (Å²) in [5.41, 5.74) is 5.99. The number of aromatic carboxylic acids is 1. The first-order chi connectivity index (χ1) is 20.4. The molecule has 3 aromatic carbocycles. The Labute approximate surface area is 257 Å². The summed E-state index contributed by atoms with van der Waals surface area (Å²) >= 11 is 0. The fourth-order valence-electron chi connectivity index (χ4n) is 6.94. The lowest BCUT2D eigenvalue weighted by molar-refractivity contribution is 0.0696. The van der Waals surface area contributed by atoms with Gasteiger partial charge in [0.05, 0.1) is 27.8 Å². The van der Waals surface area contributed by atoms with E-state index in [2.05, 4.69) is 46.0 Å². The van der Waals surface area contributed by atoms with Crippen molar-refractivity contribution in [2.75, 3.05) is 11.1 Å². The molecule has 0 saturated carbocycles. The van der Waals surface area contributed by atoms with Crippen LogP contribution in [0.1, 0.15) is 105 Å². The molecule has 3 N–H and O–H groups in total. The lowest BCUT2D eigenvalue weighted by Crippen LogP contribution is -2.37. The Kier molecular flexibility index (Phi) is 6.86. The van der Waals surface area contributed by atoms with E-state index in [0.717, 1.165) is 28.0 Å². The van der Waals surface area contributed by atoms with Gasteiger partial charge in [0.25, 0.3) is 10.1 Å². The van der Waals surface area contributed by atoms with Gasteiger partial charge in [0.1, 0.15) is 11.5 Å². The van der Waals surface area contributed by atoms with E-state index in [1.807, 2.05) is 50.2 Å². The molecule has 8 nitrogen and oxygen atoms in total. The van der Waals surface area contributed by atoms with E-state index in [4.69, 9.17) is 9.73 Å². The summed E-state index contributed by atoms with van der Waals surface area (Å²) in [6, 6.07) is 13.2. The third kappa shape index (κ3) is 5.43. The van der Waals surface area contributed by atoms with Crippen molar-refractivity contribution >= 4 is 32.9 Å². The van der Waals surface area contributed by atoms with Gasteiger partial charge >= 0.3 is 5.97 Å². The molecule has 0 aromatic heterocycles. The van der Waals surface area contributed by atoms with Crippen LogP contribution in [0.2, 0.25) is 0 Å². The van der Waals surface area contributed by atoms with Crippen molar-refractivity contribution in [2.45, 2.75) is 77.8 Å². The van der Waals surface area contributed by atoms with E-state index >= 15 is 0 Å². The first-order valence-corrected chi connectivity index (χ1v) is 16.5. The molecule has 6 rings (SSSR count). The number of nitrogens with one attached hydrogen (secondary N) is 1. The molecule has 3 aliphatic heterocycles. The van der Waals surface area contributed by atoms with Gasteiger partial charge in [-0.05, 0) is 93.5 Å². The molecular weight excluding hydrogens is 576 g/mol. The quantitative estimate of drug-likeness (QED) is 0.227. The molecule has 1 atom stereocenters. The average molecular weight is 615 g/mol. The van der Waals surface area contributed by atoms with Crippen LogP contribution in [0.25, 0.3) is 11.1 Å². The summed E-state index contributed by atoms with van der Waals surface area (Å²) in [5.74, 6) is -0.755. The summed E-state index contributed by atoms with van der Waals surface area (Å²) < 4.78 is 40.7. The fraction of sp³-hybridized carbons (Fsp3) is 0.371. The van der Waals surface area contributed by atoms with Gasteiger partial charge in [0.15, 0.2) is 0 Å². The van der Waals surface area contributed by atoms with Gasteiger partial charge < -0.3 is 15.2 Å². The van der Waals surface area contributed by atoms with Crippen molar-refractivity contribution in [1.29, 1.82) is 0 Å². The van der Waals surface area contributed by atoms with Crippen LogP contribution in [0, 0.1) is 0 Å². The average Bonchev–Trinajstić information content (AvgIpc) is 2.87. The summed E-state index contributed by atoms with van der Waals surface area (Å²) in [6.45, 7) is 14.3. The molecule has 9 heteroatoms. The Balaban J connectivity index is 1.75. The summed E-state index contributed by atoms with van der Waals surface area (Å²) in [4.78, 5) is 17.6. The van der Waals surface area contributed by atoms with Crippen LogP contribution >= 0.6 is 0 Å². The van der Waals surface area contributed by atoms with Crippen molar-refractivity contribution < 1.29 is 27.6 Å². The number of carboxylic acid groups (broad SMARTS) is 1. The molecule has 0 saturated heterocycles. The minimum absolute atomic E-state index is 0.153. The number of nitrogens with zero attached hydrogens (tertiary/aromatic N) is 1. The van der Waals surface area contributed by atoms with Gasteiger partial charge in [-0.3, -0.25) is 9.55 Å². The highest BCUT2D eigenvalue weighted by molar-refractivity contribution is 7.85. The minimum atomic E-state index is -4.28. The van der Waals surface area contributed by atoms with Crippen molar-refractivity contribution in [3.8, 4) is 11.5 Å². The van der Waals surface area contributed by atoms with Crippen LogP contribution in [0.4, 0.5) is 5.69 Å². The van der Waals surface area contributed by atoms with E-state index in [0.29, 0.717) is 45.2 Å². The predicted octanol–water partition coefficient (Wildman–Crippen LogP) is 6.24. The number of carbonyl (C=O) groups is 1. The van der Waals surface area contributed by atoms with Gasteiger partial charge in [-0.1, -0.05) is 26.0 Å². The maximum absolute atomic E-state index is 12.7. The third-order valence-electron chi connectivity index (χ3n) is 8.70. The summed E-state index contributed by atoms with van der Waals surface area (Å²) in [7, 11) is -4.28. The largest absolute Gasteiger partial charge is 0.478 e. The van der Waals surface area contributed by atoms with Crippen LogP contribution in [0.3, 0.4) is 0 Å². The Morgan fingerprint density at radius 1 is 1.05 bits per heavy atom. The number of rotatable bonds is 5. The highest BCUT2D eigenvalue weighted by atomic mass is 32.2. The van der Waals surface area contributed by atoms with Gasteiger partial charge in [-0.2, -0.15) is 8.42 Å². The maximum atomic E-state index is 12.7. The molecule has 0 radical (unpaired) electrons. The molecule has 0 aliphatic carbocycles. The summed E-state index contributed by atoms with van der Waals surface area (Å²) in [5, 5.41) is 15.2. The standard InChI is InChI=1S/C35H38N2O6S/c1-18(2)20-8-9-22(33(38)39)25(10-20)32-26-11-23-19(3)15-34(4,5)36-28(23)13-30(26)43-31-14-29-24(12-27(31)32)21(17-44(40,41)42)16-35(6,7)37-29/h8-15,18,21,36H,16-17H2,1-7H3,(H,38,39)(H,40,41,42). The van der Waals surface area contributed by atoms with E-state index in [1.165, 1.54) is 0 Å². The van der Waals surface area contributed by atoms with Crippen molar-refractivity contribution in [1.82, 2.24) is 0 Å². The molecule has 3 aliphatic rings. The lowest BCUT2D eigenvalue weighted by atomic mass is 9.81. The molecule has 3 heterocycles. The normalized spacial score (nSPS) is 19.3. The number of allylic oxidation sites excluding steroid dienone is 1. The zero-order valence-electron chi connectivity index (χ0n) is 26.1. The Hall–Kier alpha value is -3.95. The fourth-order valence-corrected chi connectivity index (χ4v) is 7.74. The molecule has 230 valence electrons. The van der Waals surface area contributed by atoms with Crippen LogP contribution in [0.5, 0.6) is 11.5 Å². The highest BCUT2D eigenvalue weighted by Crippen LogP contribution is 2.45. The first kappa shape index (κ1) is 30.1. The van der Waals surface area contributed by atoms with Crippen molar-refractivity contribution in [2.24, 2.45) is 4.99 Å². The number of anilines is 1. The number of fused-ring (bicyclic) bond motifs is 4. The zero-order valence-corrected chi connectivity index (χ0v) is 26.9. The number of benzene rings is 3. The van der Waals surface area contributed by atoms with E-state index < -0.39 is 33.3 Å². The molecule has 44 heavy (non-hydrogen) atoms. The van der Waals surface area contributed by atoms with Gasteiger partial charge in [-0.15, -0.1) is 0 Å². The van der Waals surface area contributed by atoms with Gasteiger partial charge in [0, 0.05) is 45.7 Å². The second kappa shape index (κ2) is 10.0. The number of hydrogen-bond acceptors (Lipinski definition) is 6. The topological polar surface area (TPSA) is 125 Å². The predicted molar refractivity (Wildman–Crippen MR) is 172 cm³/mol. The molecule has 3 aromatic rings. The van der Waals surface area contributed by atoms with Gasteiger partial charge in [0.2, 0.25) is 0 Å². The monoisotopic (exact) mass is 614 g/mol. The third-order valence-corrected chi connectivity index (χ3v) is 9.52. The Bertz CT molecular complexity index is 2020. The van der Waals surface area contributed by atoms with Crippen molar-refractivity contribution in [3.05, 3.63) is 92.5 Å². The second-order valence-electron chi connectivity index (χ2n) is 13.8. The van der Waals surface area contributed by atoms with E-state index in [9.17, 15) is 22.9 Å². The minimum Gasteiger partial charge on any atom is -0.478 e. The van der Waals surface area contributed by atoms with Gasteiger partial charge in [-0.25, -0.2) is 4.79 Å². The molecule has 1 unspecified atom stereocenters. The molecule has 0 fully saturated rings. The van der Waals surface area contributed by atoms with Crippen LogP contribution in [-0.4, -0.2) is 40.9 Å². The van der Waals surface area contributed by atoms with Crippen LogP contribution < -0.4 is 20.6 Å². The number of hydrogen-bond donors (Lipinski definition) is 3. The molecule has 0 spiro atoms. The highest BCUT2D eigenvalue weighted by Gasteiger charge is 2.34. The van der Waals surface area contributed by atoms with Crippen molar-refractivity contribution in [3.63, 3.8) is 0 Å². The van der Waals surface area contributed by atoms with E-state index in [1.54, 1.807) is 6.07 Å². The molecule has 0 amide bonds. The van der Waals surface area contributed by atoms with Crippen LogP contribution in [-0.2, 0) is 10.1 Å². The Morgan fingerprint density at radius 3 is 2.43 bits per heavy atom.